The summed E-state index contributed by atoms with van der Waals surface area (Å²) in [5, 5.41) is 12.6. The first-order chi connectivity index (χ1) is 17.8. The fourth-order valence-electron chi connectivity index (χ4n) is 5.67. The molecule has 0 radical (unpaired) electrons. The van der Waals surface area contributed by atoms with Crippen LogP contribution in [0.3, 0.4) is 0 Å². The van der Waals surface area contributed by atoms with Crippen molar-refractivity contribution in [2.75, 3.05) is 6.54 Å². The molecule has 2 aliphatic rings. The number of pyridine rings is 1. The lowest BCUT2D eigenvalue weighted by Gasteiger charge is -2.35. The number of hydrogen-bond acceptors (Lipinski definition) is 5. The van der Waals surface area contributed by atoms with Crippen LogP contribution >= 0.6 is 11.6 Å². The highest BCUT2D eigenvalue weighted by Gasteiger charge is 2.50. The number of carbonyl (C=O) groups excluding carboxylic acids is 1. The molecule has 37 heavy (non-hydrogen) atoms. The number of amides is 1. The maximum atomic E-state index is 16.1. The molecule has 2 aliphatic heterocycles. The van der Waals surface area contributed by atoms with E-state index in [0.717, 1.165) is 24.9 Å². The molecule has 2 aromatic carbocycles. The number of fused-ring (bicyclic) bond motifs is 2. The number of halogens is 3. The predicted octanol–water partition coefficient (Wildman–Crippen LogP) is 4.11. The Kier molecular flexibility index (Phi) is 5.67. The number of aliphatic hydroxyl groups excluding tert-OH is 1. The van der Waals surface area contributed by atoms with Crippen LogP contribution in [-0.4, -0.2) is 33.0 Å². The summed E-state index contributed by atoms with van der Waals surface area (Å²) in [7, 11) is 0. The monoisotopic (exact) mass is 524 g/mol. The summed E-state index contributed by atoms with van der Waals surface area (Å²) in [4.78, 5) is 16.6. The molecule has 1 fully saturated rings. The van der Waals surface area contributed by atoms with Gasteiger partial charge in [-0.3, -0.25) is 4.79 Å². The Morgan fingerprint density at radius 3 is 2.73 bits per heavy atom. The predicted molar refractivity (Wildman–Crippen MR) is 133 cm³/mol. The van der Waals surface area contributed by atoms with Crippen molar-refractivity contribution < 1.29 is 23.4 Å². The lowest BCUT2D eigenvalue weighted by Crippen LogP contribution is -2.48. The zero-order valence-corrected chi connectivity index (χ0v) is 20.4. The van der Waals surface area contributed by atoms with Crippen molar-refractivity contribution >= 4 is 23.2 Å². The third-order valence-electron chi connectivity index (χ3n) is 7.32. The number of nitrogens with one attached hydrogen (secondary N) is 1. The average Bonchev–Trinajstić information content (AvgIpc) is 3.65. The third kappa shape index (κ3) is 3.60. The van der Waals surface area contributed by atoms with Gasteiger partial charge in [0.2, 0.25) is 0 Å². The largest absolute Gasteiger partial charge is 0.480 e. The van der Waals surface area contributed by atoms with E-state index >= 15 is 8.78 Å². The van der Waals surface area contributed by atoms with E-state index in [1.54, 1.807) is 0 Å². The van der Waals surface area contributed by atoms with Gasteiger partial charge in [-0.2, -0.15) is 0 Å². The van der Waals surface area contributed by atoms with Crippen LogP contribution in [0.1, 0.15) is 40.0 Å². The van der Waals surface area contributed by atoms with Crippen LogP contribution in [0.2, 0.25) is 5.02 Å². The fourth-order valence-corrected chi connectivity index (χ4v) is 5.93. The Labute approximate surface area is 215 Å². The molecule has 2 atom stereocenters. The molecule has 0 saturated carbocycles. The lowest BCUT2D eigenvalue weighted by molar-refractivity contribution is 0.0539. The van der Waals surface area contributed by atoms with E-state index in [1.807, 2.05) is 30.3 Å². The van der Waals surface area contributed by atoms with Crippen molar-refractivity contribution in [2.45, 2.75) is 37.5 Å². The highest BCUT2D eigenvalue weighted by atomic mass is 35.5. The molecular formula is C27H23ClF2N4O3. The van der Waals surface area contributed by atoms with E-state index in [4.69, 9.17) is 22.1 Å². The quantitative estimate of drug-likeness (QED) is 0.365. The molecule has 1 saturated heterocycles. The number of rotatable bonds is 5. The first kappa shape index (κ1) is 23.8. The molecule has 0 aliphatic carbocycles. The number of hydrogen-bond donors (Lipinski definition) is 3. The van der Waals surface area contributed by atoms with Crippen LogP contribution in [0.4, 0.5) is 8.78 Å². The van der Waals surface area contributed by atoms with Gasteiger partial charge < -0.3 is 25.3 Å². The van der Waals surface area contributed by atoms with Gasteiger partial charge in [-0.25, -0.2) is 13.8 Å². The number of benzene rings is 2. The molecule has 4 aromatic rings. The van der Waals surface area contributed by atoms with Crippen molar-refractivity contribution in [3.63, 3.8) is 0 Å². The molecule has 4 N–H and O–H groups in total. The van der Waals surface area contributed by atoms with Gasteiger partial charge in [-0.15, -0.1) is 0 Å². The topological polar surface area (TPSA) is 102 Å². The minimum absolute atomic E-state index is 0.00909. The van der Waals surface area contributed by atoms with Crippen molar-refractivity contribution in [3.05, 3.63) is 87.8 Å². The second-order valence-electron chi connectivity index (χ2n) is 9.42. The summed E-state index contributed by atoms with van der Waals surface area (Å²) < 4.78 is 39.2. The van der Waals surface area contributed by atoms with E-state index in [2.05, 4.69) is 10.3 Å². The molecule has 2 aromatic heterocycles. The van der Waals surface area contributed by atoms with Crippen LogP contribution in [0, 0.1) is 11.6 Å². The summed E-state index contributed by atoms with van der Waals surface area (Å²) in [6, 6.07) is 10.7. The van der Waals surface area contributed by atoms with Crippen LogP contribution in [-0.2, 0) is 18.6 Å². The van der Waals surface area contributed by atoms with Crippen molar-refractivity contribution in [3.8, 4) is 16.9 Å². The molecule has 0 bridgehead atoms. The van der Waals surface area contributed by atoms with E-state index < -0.39 is 29.7 Å². The minimum atomic E-state index is -0.921. The minimum Gasteiger partial charge on any atom is -0.480 e. The van der Waals surface area contributed by atoms with Gasteiger partial charge in [-0.05, 0) is 24.9 Å². The molecule has 7 nitrogen and oxygen atoms in total. The number of carbonyl (C=O) groups is 1. The number of nitrogens with zero attached hydrogens (tertiary/aromatic N) is 2. The molecular weight excluding hydrogens is 502 g/mol. The molecule has 1 amide bonds. The molecule has 0 spiro atoms. The Bertz CT molecular complexity index is 1550. The summed E-state index contributed by atoms with van der Waals surface area (Å²) in [5.74, 6) is -2.41. The van der Waals surface area contributed by atoms with Crippen LogP contribution in [0.5, 0.6) is 5.75 Å². The van der Waals surface area contributed by atoms with Gasteiger partial charge >= 0.3 is 0 Å². The summed E-state index contributed by atoms with van der Waals surface area (Å²) in [6.45, 7) is 0.380. The van der Waals surface area contributed by atoms with E-state index in [1.165, 1.54) is 22.9 Å². The standard InChI is InChI=1S/C27H23ClF2N4O3/c28-23-18(29)9-19-16(10-27(37-19,20-7-4-8-32-20)14-5-2-1-3-6-14)21(23)22-17(25(31)36)12-34-11-15(13-35)33-26(34)24(22)30/h1-3,5-6,9,11-12,20,32,35H,4,7-8,10,13H2,(H2,31,36)/t20-,27-/m0/s1. The summed E-state index contributed by atoms with van der Waals surface area (Å²) in [5.41, 5.74) is 5.74. The Morgan fingerprint density at radius 2 is 2.05 bits per heavy atom. The van der Waals surface area contributed by atoms with Gasteiger partial charge in [0.1, 0.15) is 11.6 Å². The zero-order chi connectivity index (χ0) is 25.9. The fraction of sp³-hybridized carbons (Fsp3) is 0.259. The first-order valence-corrected chi connectivity index (χ1v) is 12.3. The summed E-state index contributed by atoms with van der Waals surface area (Å²) >= 11 is 6.51. The van der Waals surface area contributed by atoms with Gasteiger partial charge in [0.15, 0.2) is 17.1 Å². The van der Waals surface area contributed by atoms with E-state index in [9.17, 15) is 9.90 Å². The van der Waals surface area contributed by atoms with Gasteiger partial charge in [0, 0.05) is 41.6 Å². The van der Waals surface area contributed by atoms with Crippen molar-refractivity contribution in [1.82, 2.24) is 14.7 Å². The van der Waals surface area contributed by atoms with Crippen molar-refractivity contribution in [2.24, 2.45) is 5.73 Å². The maximum Gasteiger partial charge on any atom is 0.250 e. The molecule has 6 rings (SSSR count). The van der Waals surface area contributed by atoms with Crippen LogP contribution in [0.25, 0.3) is 16.8 Å². The normalized spacial score (nSPS) is 20.8. The second kappa shape index (κ2) is 8.79. The van der Waals surface area contributed by atoms with Crippen LogP contribution < -0.4 is 15.8 Å². The number of aromatic nitrogens is 2. The molecule has 4 heterocycles. The molecule has 10 heteroatoms. The second-order valence-corrected chi connectivity index (χ2v) is 9.80. The molecule has 0 unspecified atom stereocenters. The number of aliphatic hydroxyl groups is 1. The highest BCUT2D eigenvalue weighted by Crippen LogP contribution is 2.52. The van der Waals surface area contributed by atoms with Gasteiger partial charge in [-0.1, -0.05) is 41.9 Å². The number of imidazole rings is 1. The lowest BCUT2D eigenvalue weighted by atomic mass is 9.80. The molecule has 190 valence electrons. The van der Waals surface area contributed by atoms with Crippen LogP contribution in [0.15, 0.2) is 48.8 Å². The SMILES string of the molecule is NC(=O)c1cn2cc(CO)nc2c(F)c1-c1c(Cl)c(F)cc2c1C[C@](c1ccccc1)([C@@H]1CCCN1)O2. The Morgan fingerprint density at radius 1 is 1.27 bits per heavy atom. The van der Waals surface area contributed by atoms with Gasteiger partial charge in [0.05, 0.1) is 28.9 Å². The highest BCUT2D eigenvalue weighted by molar-refractivity contribution is 6.34. The number of ether oxygens (including phenoxy) is 1. The average molecular weight is 525 g/mol. The Balaban J connectivity index is 1.62. The third-order valence-corrected chi connectivity index (χ3v) is 7.69. The maximum absolute atomic E-state index is 16.1. The van der Waals surface area contributed by atoms with Gasteiger partial charge in [0.25, 0.3) is 5.91 Å². The summed E-state index contributed by atoms with van der Waals surface area (Å²) in [6.07, 6.45) is 4.75. The van der Waals surface area contributed by atoms with E-state index in [-0.39, 0.29) is 51.3 Å². The number of nitrogens with two attached hydrogens (primary N) is 1. The zero-order valence-electron chi connectivity index (χ0n) is 19.6. The number of primary amides is 1. The van der Waals surface area contributed by atoms with E-state index in [0.29, 0.717) is 5.56 Å². The Hall–Kier alpha value is -3.53. The van der Waals surface area contributed by atoms with Crippen molar-refractivity contribution in [1.29, 1.82) is 0 Å². The first-order valence-electron chi connectivity index (χ1n) is 11.9. The smallest absolute Gasteiger partial charge is 0.250 e.